The van der Waals surface area contributed by atoms with Crippen LogP contribution in [0.25, 0.3) is 0 Å². The number of hydrogen-bond donors (Lipinski definition) is 1. The van der Waals surface area contributed by atoms with E-state index in [1.165, 1.54) is 12.3 Å². The minimum absolute atomic E-state index is 0.0542. The summed E-state index contributed by atoms with van der Waals surface area (Å²) >= 11 is 0. The van der Waals surface area contributed by atoms with E-state index in [1.54, 1.807) is 13.8 Å². The van der Waals surface area contributed by atoms with Crippen molar-refractivity contribution >= 4 is 5.78 Å². The molecule has 0 amide bonds. The summed E-state index contributed by atoms with van der Waals surface area (Å²) in [6.45, 7) is 3.45. The molecule has 4 heteroatoms. The standard InChI is InChI=1S/C10H13FN2O/c1-10(2,12)5-9(14)7-3-4-13-6-8(7)11/h3-4,6H,5,12H2,1-2H3. The van der Waals surface area contributed by atoms with Crippen molar-refractivity contribution in [2.24, 2.45) is 5.73 Å². The Labute approximate surface area is 82.1 Å². The molecule has 0 aromatic carbocycles. The Hall–Kier alpha value is -1.29. The number of rotatable bonds is 3. The SMILES string of the molecule is CC(C)(N)CC(=O)c1ccncc1F. The molecule has 0 aliphatic carbocycles. The van der Waals surface area contributed by atoms with Crippen molar-refractivity contribution in [1.82, 2.24) is 4.98 Å². The zero-order valence-corrected chi connectivity index (χ0v) is 8.25. The molecule has 0 fully saturated rings. The third-order valence-electron chi connectivity index (χ3n) is 1.69. The Balaban J connectivity index is 2.86. The highest BCUT2D eigenvalue weighted by molar-refractivity contribution is 5.96. The summed E-state index contributed by atoms with van der Waals surface area (Å²) < 4.78 is 13.1. The number of hydrogen-bond acceptors (Lipinski definition) is 3. The summed E-state index contributed by atoms with van der Waals surface area (Å²) in [6, 6.07) is 1.36. The number of pyridine rings is 1. The van der Waals surface area contributed by atoms with E-state index in [1.807, 2.05) is 0 Å². The predicted octanol–water partition coefficient (Wildman–Crippen LogP) is 1.53. The number of halogens is 1. The Morgan fingerprint density at radius 3 is 2.79 bits per heavy atom. The van der Waals surface area contributed by atoms with Crippen LogP contribution in [0.4, 0.5) is 4.39 Å². The van der Waals surface area contributed by atoms with Crippen LogP contribution in [0.3, 0.4) is 0 Å². The molecule has 0 aliphatic heterocycles. The quantitative estimate of drug-likeness (QED) is 0.746. The van der Waals surface area contributed by atoms with E-state index in [9.17, 15) is 9.18 Å². The minimum Gasteiger partial charge on any atom is -0.325 e. The molecule has 1 rings (SSSR count). The van der Waals surface area contributed by atoms with Crippen LogP contribution >= 0.6 is 0 Å². The van der Waals surface area contributed by atoms with Gasteiger partial charge in [-0.25, -0.2) is 4.39 Å². The Bertz CT molecular complexity index is 344. The molecular weight excluding hydrogens is 183 g/mol. The van der Waals surface area contributed by atoms with Crippen molar-refractivity contribution in [2.75, 3.05) is 0 Å². The molecule has 0 spiro atoms. The molecule has 14 heavy (non-hydrogen) atoms. The van der Waals surface area contributed by atoms with Gasteiger partial charge in [0.15, 0.2) is 11.6 Å². The number of carbonyl (C=O) groups excluding carboxylic acids is 1. The Morgan fingerprint density at radius 1 is 1.64 bits per heavy atom. The van der Waals surface area contributed by atoms with E-state index in [4.69, 9.17) is 5.73 Å². The lowest BCUT2D eigenvalue weighted by Crippen LogP contribution is -2.34. The second-order valence-corrected chi connectivity index (χ2v) is 3.94. The second-order valence-electron chi connectivity index (χ2n) is 3.94. The Morgan fingerprint density at radius 2 is 2.29 bits per heavy atom. The molecule has 1 aromatic rings. The van der Waals surface area contributed by atoms with Crippen LogP contribution in [0.2, 0.25) is 0 Å². The van der Waals surface area contributed by atoms with E-state index in [-0.39, 0.29) is 17.8 Å². The number of ketones is 1. The fourth-order valence-electron chi connectivity index (χ4n) is 1.11. The fraction of sp³-hybridized carbons (Fsp3) is 0.400. The zero-order valence-electron chi connectivity index (χ0n) is 8.25. The molecule has 2 N–H and O–H groups in total. The lowest BCUT2D eigenvalue weighted by atomic mass is 9.96. The topological polar surface area (TPSA) is 56.0 Å². The van der Waals surface area contributed by atoms with Gasteiger partial charge in [-0.1, -0.05) is 0 Å². The summed E-state index contributed by atoms with van der Waals surface area (Å²) in [5, 5.41) is 0. The van der Waals surface area contributed by atoms with Crippen LogP contribution < -0.4 is 5.73 Å². The van der Waals surface area contributed by atoms with E-state index in [2.05, 4.69) is 4.98 Å². The molecule has 0 saturated heterocycles. The van der Waals surface area contributed by atoms with Gasteiger partial charge in [-0.15, -0.1) is 0 Å². The average molecular weight is 196 g/mol. The summed E-state index contributed by atoms with van der Waals surface area (Å²) in [4.78, 5) is 15.1. The van der Waals surface area contributed by atoms with Crippen molar-refractivity contribution in [1.29, 1.82) is 0 Å². The maximum Gasteiger partial charge on any atom is 0.167 e. The monoisotopic (exact) mass is 196 g/mol. The molecule has 1 heterocycles. The largest absolute Gasteiger partial charge is 0.325 e. The smallest absolute Gasteiger partial charge is 0.167 e. The first kappa shape index (κ1) is 10.8. The molecule has 1 aromatic heterocycles. The summed E-state index contributed by atoms with van der Waals surface area (Å²) in [7, 11) is 0. The first-order valence-electron chi connectivity index (χ1n) is 4.32. The van der Waals surface area contributed by atoms with E-state index in [0.717, 1.165) is 6.20 Å². The van der Waals surface area contributed by atoms with E-state index >= 15 is 0 Å². The third-order valence-corrected chi connectivity index (χ3v) is 1.69. The van der Waals surface area contributed by atoms with Gasteiger partial charge in [-0.05, 0) is 19.9 Å². The molecule has 0 aliphatic rings. The van der Waals surface area contributed by atoms with Gasteiger partial charge >= 0.3 is 0 Å². The van der Waals surface area contributed by atoms with Gasteiger partial charge in [0.2, 0.25) is 0 Å². The fourth-order valence-corrected chi connectivity index (χ4v) is 1.11. The van der Waals surface area contributed by atoms with Gasteiger partial charge in [0.05, 0.1) is 11.8 Å². The van der Waals surface area contributed by atoms with Gasteiger partial charge in [0, 0.05) is 18.2 Å². The van der Waals surface area contributed by atoms with Crippen LogP contribution in [-0.4, -0.2) is 16.3 Å². The Kier molecular flexibility index (Phi) is 2.96. The first-order chi connectivity index (χ1) is 6.40. The molecule has 0 radical (unpaired) electrons. The minimum atomic E-state index is -0.618. The van der Waals surface area contributed by atoms with E-state index in [0.29, 0.717) is 0 Å². The van der Waals surface area contributed by atoms with Crippen molar-refractivity contribution < 1.29 is 9.18 Å². The maximum atomic E-state index is 13.1. The average Bonchev–Trinajstić information content (AvgIpc) is 2.01. The lowest BCUT2D eigenvalue weighted by Gasteiger charge is -2.16. The zero-order chi connectivity index (χ0) is 10.8. The van der Waals surface area contributed by atoms with Gasteiger partial charge in [-0.2, -0.15) is 0 Å². The summed E-state index contributed by atoms with van der Waals surface area (Å²) in [6.07, 6.45) is 2.53. The molecule has 0 atom stereocenters. The van der Waals surface area contributed by atoms with Gasteiger partial charge in [0.25, 0.3) is 0 Å². The summed E-state index contributed by atoms with van der Waals surface area (Å²) in [5.41, 5.74) is 5.10. The highest BCUT2D eigenvalue weighted by Gasteiger charge is 2.19. The number of carbonyl (C=O) groups is 1. The normalized spacial score (nSPS) is 11.4. The molecule has 0 unspecified atom stereocenters. The number of nitrogens with zero attached hydrogens (tertiary/aromatic N) is 1. The van der Waals surface area contributed by atoms with Crippen LogP contribution in [-0.2, 0) is 0 Å². The highest BCUT2D eigenvalue weighted by Crippen LogP contribution is 2.13. The van der Waals surface area contributed by atoms with Gasteiger partial charge in [-0.3, -0.25) is 9.78 Å². The molecule has 76 valence electrons. The van der Waals surface area contributed by atoms with Gasteiger partial charge in [0.1, 0.15) is 0 Å². The molecule has 0 saturated carbocycles. The van der Waals surface area contributed by atoms with E-state index < -0.39 is 11.4 Å². The lowest BCUT2D eigenvalue weighted by molar-refractivity contribution is 0.0956. The molecule has 0 bridgehead atoms. The highest BCUT2D eigenvalue weighted by atomic mass is 19.1. The first-order valence-corrected chi connectivity index (χ1v) is 4.32. The second kappa shape index (κ2) is 3.84. The number of aromatic nitrogens is 1. The number of Topliss-reactive ketones (excluding diaryl/α,β-unsaturated/α-hetero) is 1. The van der Waals surface area contributed by atoms with Crippen molar-refractivity contribution in [2.45, 2.75) is 25.8 Å². The maximum absolute atomic E-state index is 13.1. The van der Waals surface area contributed by atoms with Crippen LogP contribution in [0.15, 0.2) is 18.5 Å². The van der Waals surface area contributed by atoms with Gasteiger partial charge < -0.3 is 5.73 Å². The van der Waals surface area contributed by atoms with Crippen LogP contribution in [0.1, 0.15) is 30.6 Å². The van der Waals surface area contributed by atoms with Crippen molar-refractivity contribution in [3.8, 4) is 0 Å². The molecular formula is C10H13FN2O. The van der Waals surface area contributed by atoms with Crippen LogP contribution in [0, 0.1) is 5.82 Å². The van der Waals surface area contributed by atoms with Crippen molar-refractivity contribution in [3.63, 3.8) is 0 Å². The van der Waals surface area contributed by atoms with Crippen LogP contribution in [0.5, 0.6) is 0 Å². The molecule has 3 nitrogen and oxygen atoms in total. The third kappa shape index (κ3) is 2.88. The summed E-state index contributed by atoms with van der Waals surface area (Å²) in [5.74, 6) is -0.890. The van der Waals surface area contributed by atoms with Crippen molar-refractivity contribution in [3.05, 3.63) is 29.8 Å². The predicted molar refractivity (Wildman–Crippen MR) is 51.4 cm³/mol. The number of nitrogens with two attached hydrogens (primary N) is 1.